The summed E-state index contributed by atoms with van der Waals surface area (Å²) in [5.74, 6) is -0.0680. The molecule has 0 fully saturated rings. The van der Waals surface area contributed by atoms with Crippen molar-refractivity contribution in [1.29, 1.82) is 0 Å². The monoisotopic (exact) mass is 344 g/mol. The highest BCUT2D eigenvalue weighted by molar-refractivity contribution is 5.94. The van der Waals surface area contributed by atoms with Crippen LogP contribution < -0.4 is 5.32 Å². The summed E-state index contributed by atoms with van der Waals surface area (Å²) >= 11 is 0. The van der Waals surface area contributed by atoms with Gasteiger partial charge < -0.3 is 14.6 Å². The molecule has 134 valence electrons. The topological polar surface area (TPSA) is 81.4 Å². The first-order valence-corrected chi connectivity index (χ1v) is 8.23. The molecule has 25 heavy (non-hydrogen) atoms. The molecule has 0 bridgehead atoms. The molecule has 0 aliphatic rings. The SMILES string of the molecule is Cc1cc(C)c(NC(=O)COC(=O)CCc2c(C)noc2C)c(C)c1. The van der Waals surface area contributed by atoms with E-state index in [9.17, 15) is 9.59 Å². The maximum Gasteiger partial charge on any atom is 0.306 e. The van der Waals surface area contributed by atoms with E-state index in [4.69, 9.17) is 9.26 Å². The standard InChI is InChI=1S/C19H24N2O4/c1-11-8-12(2)19(13(3)9-11)20-17(22)10-24-18(23)7-6-16-14(4)21-25-15(16)5/h8-9H,6-7,10H2,1-5H3,(H,20,22). The Labute approximate surface area is 147 Å². The highest BCUT2D eigenvalue weighted by Gasteiger charge is 2.14. The molecule has 0 aliphatic carbocycles. The summed E-state index contributed by atoms with van der Waals surface area (Å²) in [5.41, 5.74) is 5.55. The fourth-order valence-electron chi connectivity index (χ4n) is 2.86. The molecule has 1 N–H and O–H groups in total. The molecular formula is C19H24N2O4. The number of aromatic nitrogens is 1. The number of aryl methyl sites for hydroxylation is 5. The van der Waals surface area contributed by atoms with Crippen molar-refractivity contribution in [2.75, 3.05) is 11.9 Å². The van der Waals surface area contributed by atoms with Gasteiger partial charge in [-0.3, -0.25) is 9.59 Å². The van der Waals surface area contributed by atoms with Crippen molar-refractivity contribution in [1.82, 2.24) is 5.16 Å². The normalized spacial score (nSPS) is 10.6. The summed E-state index contributed by atoms with van der Waals surface area (Å²) in [6.45, 7) is 9.22. The molecule has 0 aliphatic heterocycles. The molecule has 1 aromatic carbocycles. The first-order valence-electron chi connectivity index (χ1n) is 8.23. The van der Waals surface area contributed by atoms with Crippen molar-refractivity contribution in [2.45, 2.75) is 47.5 Å². The van der Waals surface area contributed by atoms with Gasteiger partial charge in [0.1, 0.15) is 5.76 Å². The van der Waals surface area contributed by atoms with Gasteiger partial charge in [-0.2, -0.15) is 0 Å². The third kappa shape index (κ3) is 4.92. The number of nitrogens with one attached hydrogen (secondary N) is 1. The van der Waals surface area contributed by atoms with Crippen molar-refractivity contribution >= 4 is 17.6 Å². The highest BCUT2D eigenvalue weighted by Crippen LogP contribution is 2.21. The Morgan fingerprint density at radius 1 is 1.12 bits per heavy atom. The molecule has 0 radical (unpaired) electrons. The van der Waals surface area contributed by atoms with E-state index in [0.29, 0.717) is 12.2 Å². The number of ether oxygens (including phenoxy) is 1. The maximum absolute atomic E-state index is 12.0. The van der Waals surface area contributed by atoms with Gasteiger partial charge in [0.05, 0.1) is 5.69 Å². The number of nitrogens with zero attached hydrogens (tertiary/aromatic N) is 1. The van der Waals surface area contributed by atoms with Crippen LogP contribution in [0.15, 0.2) is 16.7 Å². The zero-order valence-corrected chi connectivity index (χ0v) is 15.4. The Balaban J connectivity index is 1.83. The van der Waals surface area contributed by atoms with Crippen molar-refractivity contribution < 1.29 is 18.8 Å². The molecule has 0 spiro atoms. The van der Waals surface area contributed by atoms with Crippen molar-refractivity contribution in [3.63, 3.8) is 0 Å². The third-order valence-electron chi connectivity index (χ3n) is 4.07. The smallest absolute Gasteiger partial charge is 0.306 e. The Morgan fingerprint density at radius 3 is 2.32 bits per heavy atom. The van der Waals surface area contributed by atoms with Crippen LogP contribution in [0.3, 0.4) is 0 Å². The van der Waals surface area contributed by atoms with Gasteiger partial charge in [-0.1, -0.05) is 22.9 Å². The van der Waals surface area contributed by atoms with Gasteiger partial charge in [-0.25, -0.2) is 0 Å². The number of hydrogen-bond acceptors (Lipinski definition) is 5. The quantitative estimate of drug-likeness (QED) is 0.813. The van der Waals surface area contributed by atoms with Gasteiger partial charge in [0, 0.05) is 17.7 Å². The summed E-state index contributed by atoms with van der Waals surface area (Å²) in [6.07, 6.45) is 0.663. The fourth-order valence-corrected chi connectivity index (χ4v) is 2.86. The second-order valence-electron chi connectivity index (χ2n) is 6.29. The minimum Gasteiger partial charge on any atom is -0.456 e. The average Bonchev–Trinajstić information content (AvgIpc) is 2.85. The number of hydrogen-bond donors (Lipinski definition) is 1. The van der Waals surface area contributed by atoms with Crippen molar-refractivity contribution in [3.05, 3.63) is 45.8 Å². The van der Waals surface area contributed by atoms with Gasteiger partial charge >= 0.3 is 5.97 Å². The van der Waals surface area contributed by atoms with Crippen LogP contribution in [-0.4, -0.2) is 23.6 Å². The number of amides is 1. The molecule has 2 rings (SSSR count). The largest absolute Gasteiger partial charge is 0.456 e. The number of carbonyl (C=O) groups is 2. The van der Waals surface area contributed by atoms with Crippen molar-refractivity contribution in [3.8, 4) is 0 Å². The van der Waals surface area contributed by atoms with Gasteiger partial charge in [-0.15, -0.1) is 0 Å². The number of benzene rings is 1. The van der Waals surface area contributed by atoms with Crippen LogP contribution in [0.1, 0.15) is 40.1 Å². The fraction of sp³-hybridized carbons (Fsp3) is 0.421. The van der Waals surface area contributed by atoms with Crippen molar-refractivity contribution in [2.24, 2.45) is 0 Å². The van der Waals surface area contributed by atoms with E-state index in [2.05, 4.69) is 10.5 Å². The molecule has 6 nitrogen and oxygen atoms in total. The molecular weight excluding hydrogens is 320 g/mol. The molecule has 0 atom stereocenters. The Morgan fingerprint density at radius 2 is 1.76 bits per heavy atom. The number of carbonyl (C=O) groups excluding carboxylic acids is 2. The Bertz CT molecular complexity index is 750. The minimum absolute atomic E-state index is 0.179. The van der Waals surface area contributed by atoms with E-state index >= 15 is 0 Å². The molecule has 0 saturated heterocycles. The Hall–Kier alpha value is -2.63. The molecule has 6 heteroatoms. The summed E-state index contributed by atoms with van der Waals surface area (Å²) < 4.78 is 10.1. The van der Waals surface area contributed by atoms with E-state index in [1.165, 1.54) is 0 Å². The molecule has 1 amide bonds. The molecule has 0 saturated carbocycles. The molecule has 2 aromatic rings. The van der Waals surface area contributed by atoms with Gasteiger partial charge in [0.2, 0.25) is 0 Å². The minimum atomic E-state index is -0.424. The predicted octanol–water partition coefficient (Wildman–Crippen LogP) is 3.33. The molecule has 0 unspecified atom stereocenters. The van der Waals surface area contributed by atoms with Crippen LogP contribution in [0.4, 0.5) is 5.69 Å². The first kappa shape index (κ1) is 18.7. The van der Waals surface area contributed by atoms with E-state index < -0.39 is 5.97 Å². The van der Waals surface area contributed by atoms with E-state index in [0.717, 1.165) is 33.6 Å². The van der Waals surface area contributed by atoms with Crippen LogP contribution in [-0.2, 0) is 20.7 Å². The van der Waals surface area contributed by atoms with Gasteiger partial charge in [-0.05, 0) is 52.2 Å². The second-order valence-corrected chi connectivity index (χ2v) is 6.29. The average molecular weight is 344 g/mol. The summed E-state index contributed by atoms with van der Waals surface area (Å²) in [4.78, 5) is 23.9. The predicted molar refractivity (Wildman–Crippen MR) is 94.5 cm³/mol. The molecule has 1 heterocycles. The first-order chi connectivity index (χ1) is 11.8. The zero-order chi connectivity index (χ0) is 18.6. The van der Waals surface area contributed by atoms with Gasteiger partial charge in [0.25, 0.3) is 5.91 Å². The van der Waals surface area contributed by atoms with Crippen LogP contribution in [0.2, 0.25) is 0 Å². The number of esters is 1. The van der Waals surface area contributed by atoms with E-state index in [-0.39, 0.29) is 18.9 Å². The lowest BCUT2D eigenvalue weighted by Gasteiger charge is -2.13. The van der Waals surface area contributed by atoms with Crippen LogP contribution in [0.5, 0.6) is 0 Å². The number of rotatable bonds is 6. The zero-order valence-electron chi connectivity index (χ0n) is 15.4. The summed E-state index contributed by atoms with van der Waals surface area (Å²) in [5, 5.41) is 6.65. The summed E-state index contributed by atoms with van der Waals surface area (Å²) in [7, 11) is 0. The lowest BCUT2D eigenvalue weighted by Crippen LogP contribution is -2.22. The lowest BCUT2D eigenvalue weighted by molar-refractivity contribution is -0.147. The Kier molecular flexibility index (Phi) is 5.96. The second kappa shape index (κ2) is 7.96. The van der Waals surface area contributed by atoms with Crippen LogP contribution in [0.25, 0.3) is 0 Å². The van der Waals surface area contributed by atoms with E-state index in [1.807, 2.05) is 39.8 Å². The maximum atomic E-state index is 12.0. The van der Waals surface area contributed by atoms with Gasteiger partial charge in [0.15, 0.2) is 6.61 Å². The van der Waals surface area contributed by atoms with E-state index in [1.54, 1.807) is 6.92 Å². The highest BCUT2D eigenvalue weighted by atomic mass is 16.5. The summed E-state index contributed by atoms with van der Waals surface area (Å²) in [6, 6.07) is 4.00. The third-order valence-corrected chi connectivity index (χ3v) is 4.07. The van der Waals surface area contributed by atoms with Crippen LogP contribution in [0, 0.1) is 34.6 Å². The van der Waals surface area contributed by atoms with Crippen LogP contribution >= 0.6 is 0 Å². The number of anilines is 1. The lowest BCUT2D eigenvalue weighted by atomic mass is 10.1. The molecule has 1 aromatic heterocycles.